The highest BCUT2D eigenvalue weighted by molar-refractivity contribution is 7.23. The minimum Gasteiger partial charge on any atom is -0.455 e. The highest BCUT2D eigenvalue weighted by Gasteiger charge is 2.25. The van der Waals surface area contributed by atoms with E-state index in [0.717, 1.165) is 98.4 Å². The molecule has 0 saturated carbocycles. The molecule has 0 aliphatic carbocycles. The van der Waals surface area contributed by atoms with Crippen LogP contribution in [-0.2, 0) is 0 Å². The molecule has 5 heteroatoms. The van der Waals surface area contributed by atoms with Gasteiger partial charge in [-0.25, -0.2) is 15.0 Å². The van der Waals surface area contributed by atoms with Crippen molar-refractivity contribution in [1.29, 1.82) is 0 Å². The Morgan fingerprint density at radius 1 is 0.429 bits per heavy atom. The molecule has 0 fully saturated rings. The van der Waals surface area contributed by atoms with Crippen LogP contribution < -0.4 is 0 Å². The highest BCUT2D eigenvalue weighted by atomic mass is 32.1. The average Bonchev–Trinajstić information content (AvgIpc) is 3.87. The van der Waals surface area contributed by atoms with Crippen molar-refractivity contribution in [2.45, 2.75) is 0 Å². The zero-order valence-electron chi connectivity index (χ0n) is 30.1. The number of para-hydroxylation sites is 3. The number of aromatic nitrogens is 3. The molecule has 0 radical (unpaired) electrons. The van der Waals surface area contributed by atoms with Crippen molar-refractivity contribution in [3.63, 3.8) is 0 Å². The van der Waals surface area contributed by atoms with Gasteiger partial charge < -0.3 is 4.42 Å². The normalized spacial score (nSPS) is 11.6. The predicted octanol–water partition coefficient (Wildman–Crippen LogP) is 14.1. The lowest BCUT2D eigenvalue weighted by atomic mass is 9.93. The van der Waals surface area contributed by atoms with Crippen LogP contribution >= 0.6 is 11.3 Å². The molecule has 0 saturated heterocycles. The Hall–Kier alpha value is -7.21. The van der Waals surface area contributed by atoms with Gasteiger partial charge in [0.2, 0.25) is 0 Å². The number of pyridine rings is 1. The molecule has 0 aliphatic rings. The molecule has 262 valence electrons. The molecular weight excluding hydrogens is 703 g/mol. The Balaban J connectivity index is 1.21. The fourth-order valence-electron chi connectivity index (χ4n) is 7.89. The first-order valence-corrected chi connectivity index (χ1v) is 19.5. The number of furan rings is 1. The Labute approximate surface area is 327 Å². The van der Waals surface area contributed by atoms with Gasteiger partial charge in [0.1, 0.15) is 11.2 Å². The number of hydrogen-bond acceptors (Lipinski definition) is 5. The smallest absolute Gasteiger partial charge is 0.160 e. The zero-order valence-corrected chi connectivity index (χ0v) is 30.9. The summed E-state index contributed by atoms with van der Waals surface area (Å²) in [5.74, 6) is 0.691. The van der Waals surface area contributed by atoms with Crippen molar-refractivity contribution in [2.24, 2.45) is 0 Å². The Morgan fingerprint density at radius 2 is 1.02 bits per heavy atom. The maximum atomic E-state index is 6.75. The summed E-state index contributed by atoms with van der Waals surface area (Å²) < 4.78 is 7.89. The van der Waals surface area contributed by atoms with Gasteiger partial charge in [-0.2, -0.15) is 0 Å². The lowest BCUT2D eigenvalue weighted by Gasteiger charge is -2.12. The first kappa shape index (κ1) is 32.2. The van der Waals surface area contributed by atoms with E-state index < -0.39 is 0 Å². The second-order valence-corrected chi connectivity index (χ2v) is 14.9. The van der Waals surface area contributed by atoms with Crippen LogP contribution in [0.25, 0.3) is 110 Å². The van der Waals surface area contributed by atoms with E-state index in [4.69, 9.17) is 19.4 Å². The van der Waals surface area contributed by atoms with Crippen LogP contribution in [-0.4, -0.2) is 15.0 Å². The summed E-state index contributed by atoms with van der Waals surface area (Å²) in [6, 6.07) is 65.3. The van der Waals surface area contributed by atoms with Crippen LogP contribution in [0.4, 0.5) is 0 Å². The summed E-state index contributed by atoms with van der Waals surface area (Å²) in [6.45, 7) is 0. The number of hydrogen-bond donors (Lipinski definition) is 0. The summed E-state index contributed by atoms with van der Waals surface area (Å²) in [5, 5.41) is 4.49. The highest BCUT2D eigenvalue weighted by Crippen LogP contribution is 2.52. The molecule has 0 amide bonds. The van der Waals surface area contributed by atoms with E-state index in [1.54, 1.807) is 11.3 Å². The molecule has 11 aromatic rings. The third-order valence-corrected chi connectivity index (χ3v) is 11.7. The minimum atomic E-state index is 0.691. The molecule has 0 N–H and O–H groups in total. The summed E-state index contributed by atoms with van der Waals surface area (Å²) >= 11 is 1.79. The topological polar surface area (TPSA) is 51.8 Å². The van der Waals surface area contributed by atoms with Gasteiger partial charge in [-0.05, 0) is 29.8 Å². The second-order valence-electron chi connectivity index (χ2n) is 13.9. The Morgan fingerprint density at radius 3 is 1.80 bits per heavy atom. The van der Waals surface area contributed by atoms with Crippen LogP contribution in [0, 0.1) is 0 Å². The van der Waals surface area contributed by atoms with Gasteiger partial charge in [0.05, 0.1) is 27.3 Å². The maximum Gasteiger partial charge on any atom is 0.160 e. The molecule has 11 rings (SSSR count). The zero-order chi connectivity index (χ0) is 37.0. The largest absolute Gasteiger partial charge is 0.455 e. The Kier molecular flexibility index (Phi) is 7.64. The van der Waals surface area contributed by atoms with Crippen molar-refractivity contribution in [2.75, 3.05) is 0 Å². The molecule has 4 heterocycles. The number of nitrogens with zero attached hydrogens (tertiary/aromatic N) is 3. The number of fused-ring (bicyclic) bond motifs is 6. The molecule has 0 spiro atoms. The van der Waals surface area contributed by atoms with Crippen LogP contribution in [0.2, 0.25) is 0 Å². The number of benzene rings is 7. The van der Waals surface area contributed by atoms with Gasteiger partial charge in [0.15, 0.2) is 5.82 Å². The SMILES string of the molecule is c1ccc(-c2cc(-c3cccc(-c4sc5c(-c6ccccc6)nc6ccccc6c5c4-c4cccc5c4oc4ccccc45)c3)nc(-c3ccccc3)n2)cc1. The third kappa shape index (κ3) is 5.40. The number of rotatable bonds is 6. The fraction of sp³-hybridized carbons (Fsp3) is 0. The first-order chi connectivity index (χ1) is 27.8. The van der Waals surface area contributed by atoms with Crippen molar-refractivity contribution >= 4 is 54.3 Å². The van der Waals surface area contributed by atoms with Crippen molar-refractivity contribution in [3.05, 3.63) is 188 Å². The fourth-order valence-corrected chi connectivity index (χ4v) is 9.23. The van der Waals surface area contributed by atoms with Crippen molar-refractivity contribution in [1.82, 2.24) is 15.0 Å². The van der Waals surface area contributed by atoms with Gasteiger partial charge in [0, 0.05) is 59.8 Å². The number of thiophene rings is 1. The molecule has 0 atom stereocenters. The van der Waals surface area contributed by atoms with Crippen molar-refractivity contribution in [3.8, 4) is 66.7 Å². The van der Waals surface area contributed by atoms with E-state index in [1.807, 2.05) is 42.5 Å². The summed E-state index contributed by atoms with van der Waals surface area (Å²) in [5.41, 5.74) is 12.8. The van der Waals surface area contributed by atoms with Gasteiger partial charge in [-0.15, -0.1) is 11.3 Å². The summed E-state index contributed by atoms with van der Waals surface area (Å²) in [7, 11) is 0. The van der Waals surface area contributed by atoms with Gasteiger partial charge >= 0.3 is 0 Å². The van der Waals surface area contributed by atoms with Crippen LogP contribution in [0.3, 0.4) is 0 Å². The van der Waals surface area contributed by atoms with E-state index >= 15 is 0 Å². The molecular formula is C51H31N3OS. The van der Waals surface area contributed by atoms with Gasteiger partial charge in [0.25, 0.3) is 0 Å². The van der Waals surface area contributed by atoms with Gasteiger partial charge in [-0.3, -0.25) is 0 Å². The van der Waals surface area contributed by atoms with E-state index in [-0.39, 0.29) is 0 Å². The van der Waals surface area contributed by atoms with E-state index in [2.05, 4.69) is 146 Å². The molecule has 0 aliphatic heterocycles. The lowest BCUT2D eigenvalue weighted by molar-refractivity contribution is 0.670. The van der Waals surface area contributed by atoms with E-state index in [1.165, 1.54) is 5.39 Å². The first-order valence-electron chi connectivity index (χ1n) is 18.7. The summed E-state index contributed by atoms with van der Waals surface area (Å²) in [4.78, 5) is 16.7. The third-order valence-electron chi connectivity index (χ3n) is 10.5. The molecule has 4 aromatic heterocycles. The standard InChI is InChI=1S/C51H31N3OS/c1-4-16-32(17-5-1)42-31-43(54-51(53-42)34-20-8-3-9-21-34)35-22-14-23-36(30-35)49-46(40-27-15-26-38-37-24-11-13-29-44(37)55-48(38)40)45-39-25-10-12-28-41(39)52-47(50(45)56-49)33-18-6-2-7-19-33/h1-31H. The molecule has 0 unspecified atom stereocenters. The van der Waals surface area contributed by atoms with Crippen LogP contribution in [0.1, 0.15) is 0 Å². The minimum absolute atomic E-state index is 0.691. The quantitative estimate of drug-likeness (QED) is 0.171. The Bertz CT molecular complexity index is 3180. The maximum absolute atomic E-state index is 6.75. The van der Waals surface area contributed by atoms with Crippen LogP contribution in [0.5, 0.6) is 0 Å². The molecule has 0 bridgehead atoms. The average molecular weight is 734 g/mol. The second kappa shape index (κ2) is 13.3. The van der Waals surface area contributed by atoms with Crippen molar-refractivity contribution < 1.29 is 4.42 Å². The predicted molar refractivity (Wildman–Crippen MR) is 233 cm³/mol. The molecule has 56 heavy (non-hydrogen) atoms. The monoisotopic (exact) mass is 733 g/mol. The summed E-state index contributed by atoms with van der Waals surface area (Å²) in [6.07, 6.45) is 0. The lowest BCUT2D eigenvalue weighted by Crippen LogP contribution is -1.96. The van der Waals surface area contributed by atoms with Crippen LogP contribution in [0.15, 0.2) is 192 Å². The van der Waals surface area contributed by atoms with E-state index in [9.17, 15) is 0 Å². The molecule has 4 nitrogen and oxygen atoms in total. The molecule has 7 aromatic carbocycles. The van der Waals surface area contributed by atoms with E-state index in [0.29, 0.717) is 5.82 Å². The van der Waals surface area contributed by atoms with Gasteiger partial charge in [-0.1, -0.05) is 164 Å².